The molecule has 1 atom stereocenters. The maximum absolute atomic E-state index is 12.3. The van der Waals surface area contributed by atoms with Crippen LogP contribution in [0.1, 0.15) is 32.6 Å². The van der Waals surface area contributed by atoms with Gasteiger partial charge in [-0.2, -0.15) is 0 Å². The van der Waals surface area contributed by atoms with Crippen LogP contribution in [0.15, 0.2) is 0 Å². The van der Waals surface area contributed by atoms with Gasteiger partial charge in [0.15, 0.2) is 0 Å². The molecule has 2 aliphatic heterocycles. The van der Waals surface area contributed by atoms with Gasteiger partial charge >= 0.3 is 0 Å². The Morgan fingerprint density at radius 1 is 1.44 bits per heavy atom. The predicted molar refractivity (Wildman–Crippen MR) is 62.3 cm³/mol. The quantitative estimate of drug-likeness (QED) is 0.756. The number of carbonyl (C=O) groups is 1. The summed E-state index contributed by atoms with van der Waals surface area (Å²) in [5.41, 5.74) is 0.0187. The molecule has 4 heteroatoms. The molecule has 2 aliphatic rings. The minimum atomic E-state index is 0.0187. The summed E-state index contributed by atoms with van der Waals surface area (Å²) in [6, 6.07) is 0.0217. The maximum atomic E-state index is 12.3. The van der Waals surface area contributed by atoms with E-state index in [4.69, 9.17) is 4.74 Å². The number of likely N-dealkylation sites (N-methyl/N-ethyl adjacent to an activating group) is 1. The van der Waals surface area contributed by atoms with Crippen molar-refractivity contribution < 1.29 is 9.53 Å². The van der Waals surface area contributed by atoms with Gasteiger partial charge in [-0.15, -0.1) is 0 Å². The molecule has 2 saturated heterocycles. The van der Waals surface area contributed by atoms with E-state index in [1.165, 1.54) is 0 Å². The van der Waals surface area contributed by atoms with E-state index in [2.05, 4.69) is 17.1 Å². The Balaban J connectivity index is 2.09. The fourth-order valence-electron chi connectivity index (χ4n) is 2.76. The molecule has 2 rings (SSSR count). The Kier molecular flexibility index (Phi) is 3.50. The first-order valence-corrected chi connectivity index (χ1v) is 6.24. The van der Waals surface area contributed by atoms with Crippen molar-refractivity contribution in [1.82, 2.24) is 10.2 Å². The normalized spacial score (nSPS) is 30.5. The molecule has 1 unspecified atom stereocenters. The van der Waals surface area contributed by atoms with E-state index < -0.39 is 0 Å². The van der Waals surface area contributed by atoms with Crippen LogP contribution in [0.2, 0.25) is 0 Å². The van der Waals surface area contributed by atoms with E-state index in [1.807, 2.05) is 7.05 Å². The second-order valence-corrected chi connectivity index (χ2v) is 5.08. The van der Waals surface area contributed by atoms with Gasteiger partial charge in [0.2, 0.25) is 5.91 Å². The number of hydrogen-bond acceptors (Lipinski definition) is 3. The Hall–Kier alpha value is -0.610. The minimum Gasteiger partial charge on any atom is -0.381 e. The van der Waals surface area contributed by atoms with Crippen LogP contribution in [0.4, 0.5) is 0 Å². The SMILES string of the molecule is CNC1CCCN(C2(C)CCOCC2)C1=O. The molecule has 1 N–H and O–H groups in total. The van der Waals surface area contributed by atoms with E-state index in [-0.39, 0.29) is 17.5 Å². The molecule has 1 amide bonds. The average molecular weight is 226 g/mol. The smallest absolute Gasteiger partial charge is 0.240 e. The number of ether oxygens (including phenoxy) is 1. The fraction of sp³-hybridized carbons (Fsp3) is 0.917. The zero-order chi connectivity index (χ0) is 11.6. The summed E-state index contributed by atoms with van der Waals surface area (Å²) < 4.78 is 5.39. The Bertz CT molecular complexity index is 262. The van der Waals surface area contributed by atoms with Crippen LogP contribution in [0.5, 0.6) is 0 Å². The third kappa shape index (κ3) is 2.09. The Morgan fingerprint density at radius 2 is 2.12 bits per heavy atom. The number of nitrogens with one attached hydrogen (secondary N) is 1. The Labute approximate surface area is 97.3 Å². The highest BCUT2D eigenvalue weighted by atomic mass is 16.5. The van der Waals surface area contributed by atoms with Gasteiger partial charge in [-0.25, -0.2) is 0 Å². The molecule has 0 bridgehead atoms. The summed E-state index contributed by atoms with van der Waals surface area (Å²) in [6.45, 7) is 4.67. The van der Waals surface area contributed by atoms with Crippen molar-refractivity contribution in [1.29, 1.82) is 0 Å². The topological polar surface area (TPSA) is 41.6 Å². The molecule has 0 aromatic heterocycles. The van der Waals surface area contributed by atoms with Crippen LogP contribution < -0.4 is 5.32 Å². The highest BCUT2D eigenvalue weighted by Gasteiger charge is 2.40. The van der Waals surface area contributed by atoms with Crippen LogP contribution in [0, 0.1) is 0 Å². The van der Waals surface area contributed by atoms with Gasteiger partial charge in [-0.05, 0) is 39.7 Å². The average Bonchev–Trinajstić information content (AvgIpc) is 2.30. The minimum absolute atomic E-state index is 0.0187. The van der Waals surface area contributed by atoms with Gasteiger partial charge in [-0.3, -0.25) is 4.79 Å². The van der Waals surface area contributed by atoms with Gasteiger partial charge in [0.05, 0.1) is 6.04 Å². The summed E-state index contributed by atoms with van der Waals surface area (Å²) in [5, 5.41) is 3.12. The molecule has 0 aliphatic carbocycles. The number of carbonyl (C=O) groups excluding carboxylic acids is 1. The number of rotatable bonds is 2. The third-order valence-electron chi connectivity index (χ3n) is 4.01. The molecular formula is C12H22N2O2. The molecule has 16 heavy (non-hydrogen) atoms. The largest absolute Gasteiger partial charge is 0.381 e. The zero-order valence-corrected chi connectivity index (χ0v) is 10.3. The van der Waals surface area contributed by atoms with Crippen molar-refractivity contribution in [2.24, 2.45) is 0 Å². The van der Waals surface area contributed by atoms with Crippen molar-refractivity contribution >= 4 is 5.91 Å². The summed E-state index contributed by atoms with van der Waals surface area (Å²) in [4.78, 5) is 14.4. The number of likely N-dealkylation sites (tertiary alicyclic amines) is 1. The molecular weight excluding hydrogens is 204 g/mol. The lowest BCUT2D eigenvalue weighted by Crippen LogP contribution is -2.60. The molecule has 0 aromatic carbocycles. The maximum Gasteiger partial charge on any atom is 0.240 e. The van der Waals surface area contributed by atoms with Crippen molar-refractivity contribution in [3.05, 3.63) is 0 Å². The summed E-state index contributed by atoms with van der Waals surface area (Å²) in [6.07, 6.45) is 4.01. The number of amides is 1. The lowest BCUT2D eigenvalue weighted by molar-refractivity contribution is -0.146. The lowest BCUT2D eigenvalue weighted by atomic mass is 9.87. The zero-order valence-electron chi connectivity index (χ0n) is 10.3. The lowest BCUT2D eigenvalue weighted by Gasteiger charge is -2.47. The van der Waals surface area contributed by atoms with Crippen LogP contribution >= 0.6 is 0 Å². The van der Waals surface area contributed by atoms with E-state index >= 15 is 0 Å². The van der Waals surface area contributed by atoms with E-state index in [0.717, 1.165) is 45.4 Å². The number of piperidine rings is 1. The predicted octanol–water partition coefficient (Wildman–Crippen LogP) is 0.766. The first-order chi connectivity index (χ1) is 7.67. The molecule has 0 spiro atoms. The first-order valence-electron chi connectivity index (χ1n) is 6.24. The van der Waals surface area contributed by atoms with Crippen LogP contribution in [0.25, 0.3) is 0 Å². The molecule has 4 nitrogen and oxygen atoms in total. The molecule has 0 radical (unpaired) electrons. The first kappa shape index (κ1) is 11.9. The van der Waals surface area contributed by atoms with Gasteiger partial charge in [-0.1, -0.05) is 0 Å². The number of nitrogens with zero attached hydrogens (tertiary/aromatic N) is 1. The van der Waals surface area contributed by atoms with Gasteiger partial charge in [0.25, 0.3) is 0 Å². The second kappa shape index (κ2) is 4.72. The van der Waals surface area contributed by atoms with Crippen molar-refractivity contribution in [3.8, 4) is 0 Å². The monoisotopic (exact) mass is 226 g/mol. The highest BCUT2D eigenvalue weighted by molar-refractivity contribution is 5.83. The standard InChI is InChI=1S/C12H22N2O2/c1-12(5-8-16-9-6-12)14-7-3-4-10(13-2)11(14)15/h10,13H,3-9H2,1-2H3. The Morgan fingerprint density at radius 3 is 2.75 bits per heavy atom. The molecule has 92 valence electrons. The van der Waals surface area contributed by atoms with Gasteiger partial charge in [0.1, 0.15) is 0 Å². The molecule has 2 fully saturated rings. The van der Waals surface area contributed by atoms with Crippen LogP contribution in [0.3, 0.4) is 0 Å². The summed E-state index contributed by atoms with van der Waals surface area (Å²) in [7, 11) is 1.87. The third-order valence-corrected chi connectivity index (χ3v) is 4.01. The molecule has 0 aromatic rings. The highest BCUT2D eigenvalue weighted by Crippen LogP contribution is 2.30. The second-order valence-electron chi connectivity index (χ2n) is 5.08. The van der Waals surface area contributed by atoms with Crippen molar-refractivity contribution in [2.75, 3.05) is 26.8 Å². The number of hydrogen-bond donors (Lipinski definition) is 1. The van der Waals surface area contributed by atoms with Crippen molar-refractivity contribution in [2.45, 2.75) is 44.2 Å². The van der Waals surface area contributed by atoms with Gasteiger partial charge < -0.3 is 15.0 Å². The van der Waals surface area contributed by atoms with E-state index in [0.29, 0.717) is 0 Å². The van der Waals surface area contributed by atoms with Crippen molar-refractivity contribution in [3.63, 3.8) is 0 Å². The molecule has 0 saturated carbocycles. The summed E-state index contributed by atoms with van der Waals surface area (Å²) >= 11 is 0. The fourth-order valence-corrected chi connectivity index (χ4v) is 2.76. The van der Waals surface area contributed by atoms with Crippen LogP contribution in [-0.4, -0.2) is 49.2 Å². The summed E-state index contributed by atoms with van der Waals surface area (Å²) in [5.74, 6) is 0.276. The van der Waals surface area contributed by atoms with Crippen LogP contribution in [-0.2, 0) is 9.53 Å². The van der Waals surface area contributed by atoms with E-state index in [1.54, 1.807) is 0 Å². The van der Waals surface area contributed by atoms with Gasteiger partial charge in [0, 0.05) is 25.3 Å². The molecule has 2 heterocycles. The van der Waals surface area contributed by atoms with E-state index in [9.17, 15) is 4.79 Å².